The summed E-state index contributed by atoms with van der Waals surface area (Å²) < 4.78 is 0.774. The summed E-state index contributed by atoms with van der Waals surface area (Å²) >= 11 is 3.27. The number of nitro groups is 1. The van der Waals surface area contributed by atoms with Crippen LogP contribution in [0, 0.1) is 21.4 Å². The molecular formula is C15H10BrN5O3. The maximum atomic E-state index is 12.1. The lowest BCUT2D eigenvalue weighted by atomic mass is 10.2. The van der Waals surface area contributed by atoms with Crippen molar-refractivity contribution in [3.05, 3.63) is 69.0 Å². The molecule has 0 unspecified atom stereocenters. The highest BCUT2D eigenvalue weighted by Crippen LogP contribution is 2.23. The van der Waals surface area contributed by atoms with Gasteiger partial charge >= 0.3 is 0 Å². The van der Waals surface area contributed by atoms with Crippen LogP contribution in [0.1, 0.15) is 0 Å². The van der Waals surface area contributed by atoms with E-state index in [0.29, 0.717) is 5.82 Å². The fourth-order valence-corrected chi connectivity index (χ4v) is 2.04. The Morgan fingerprint density at radius 2 is 2.12 bits per heavy atom. The Morgan fingerprint density at radius 3 is 2.79 bits per heavy atom. The number of hydrogen-bond donors (Lipinski definition) is 2. The van der Waals surface area contributed by atoms with Crippen LogP contribution in [0.4, 0.5) is 17.2 Å². The summed E-state index contributed by atoms with van der Waals surface area (Å²) in [6.45, 7) is 0. The first-order chi connectivity index (χ1) is 11.5. The van der Waals surface area contributed by atoms with E-state index < -0.39 is 10.8 Å². The normalized spacial score (nSPS) is 10.6. The number of nitrogens with zero attached hydrogens (tertiary/aromatic N) is 3. The maximum Gasteiger partial charge on any atom is 0.292 e. The third-order valence-corrected chi connectivity index (χ3v) is 3.29. The molecule has 0 saturated carbocycles. The molecule has 0 aliphatic carbocycles. The number of carbonyl (C=O) groups excluding carboxylic acids is 1. The van der Waals surface area contributed by atoms with Gasteiger partial charge in [-0.05, 0) is 18.2 Å². The molecule has 0 bridgehead atoms. The molecule has 0 atom stereocenters. The number of nitriles is 1. The number of carbonyl (C=O) groups is 1. The number of anilines is 2. The molecular weight excluding hydrogens is 378 g/mol. The van der Waals surface area contributed by atoms with Crippen LogP contribution in [0.25, 0.3) is 0 Å². The number of benzene rings is 1. The highest BCUT2D eigenvalue weighted by atomic mass is 79.9. The Balaban J connectivity index is 2.16. The van der Waals surface area contributed by atoms with Crippen LogP contribution in [-0.2, 0) is 4.79 Å². The van der Waals surface area contributed by atoms with Gasteiger partial charge in [-0.25, -0.2) is 4.98 Å². The Hall–Kier alpha value is -3.25. The van der Waals surface area contributed by atoms with Crippen molar-refractivity contribution in [1.82, 2.24) is 4.98 Å². The van der Waals surface area contributed by atoms with E-state index in [-0.39, 0.29) is 16.9 Å². The van der Waals surface area contributed by atoms with Crippen molar-refractivity contribution in [2.75, 3.05) is 10.6 Å². The number of hydrogen-bond acceptors (Lipinski definition) is 6. The number of aromatic nitrogens is 1. The van der Waals surface area contributed by atoms with Crippen LogP contribution >= 0.6 is 15.9 Å². The zero-order valence-electron chi connectivity index (χ0n) is 12.1. The Kier molecular flexibility index (Phi) is 5.59. The standard InChI is InChI=1S/C15H10BrN5O3/c16-11-5-6-18-14(7-11)19-9-10(8-17)15(22)20-12-3-1-2-4-13(12)21(23)24/h1-7,9H,(H,18,19)(H,20,22)/b10-9-. The summed E-state index contributed by atoms with van der Waals surface area (Å²) in [6, 6.07) is 10.8. The van der Waals surface area contributed by atoms with E-state index in [2.05, 4.69) is 31.5 Å². The molecule has 0 aliphatic rings. The molecule has 1 heterocycles. The first-order valence-corrected chi connectivity index (χ1v) is 7.33. The van der Waals surface area contributed by atoms with Crippen LogP contribution in [0.5, 0.6) is 0 Å². The van der Waals surface area contributed by atoms with Crippen molar-refractivity contribution in [3.8, 4) is 6.07 Å². The summed E-state index contributed by atoms with van der Waals surface area (Å²) in [7, 11) is 0. The number of rotatable bonds is 5. The van der Waals surface area contributed by atoms with Crippen LogP contribution < -0.4 is 10.6 Å². The molecule has 0 radical (unpaired) electrons. The maximum absolute atomic E-state index is 12.1. The molecule has 0 spiro atoms. The van der Waals surface area contributed by atoms with Crippen molar-refractivity contribution >= 4 is 39.0 Å². The van der Waals surface area contributed by atoms with E-state index >= 15 is 0 Å². The topological polar surface area (TPSA) is 121 Å². The van der Waals surface area contributed by atoms with Crippen molar-refractivity contribution in [3.63, 3.8) is 0 Å². The smallest absolute Gasteiger partial charge is 0.292 e. The summed E-state index contributed by atoms with van der Waals surface area (Å²) in [5, 5.41) is 25.1. The van der Waals surface area contributed by atoms with Crippen LogP contribution in [0.2, 0.25) is 0 Å². The van der Waals surface area contributed by atoms with Crippen LogP contribution in [0.15, 0.2) is 58.8 Å². The Labute approximate surface area is 145 Å². The minimum atomic E-state index is -0.769. The van der Waals surface area contributed by atoms with Crippen LogP contribution in [-0.4, -0.2) is 15.8 Å². The summed E-state index contributed by atoms with van der Waals surface area (Å²) in [5.74, 6) is -0.343. The SMILES string of the molecule is N#C/C(=C/Nc1cc(Br)ccn1)C(=O)Nc1ccccc1[N+](=O)[O-]. The molecule has 9 heteroatoms. The van der Waals surface area contributed by atoms with Gasteiger partial charge in [-0.3, -0.25) is 14.9 Å². The van der Waals surface area contributed by atoms with Crippen molar-refractivity contribution in [1.29, 1.82) is 5.26 Å². The zero-order valence-corrected chi connectivity index (χ0v) is 13.6. The van der Waals surface area contributed by atoms with Crippen LogP contribution in [0.3, 0.4) is 0 Å². The van der Waals surface area contributed by atoms with Gasteiger partial charge in [0.05, 0.1) is 4.92 Å². The lowest BCUT2D eigenvalue weighted by molar-refractivity contribution is -0.383. The monoisotopic (exact) mass is 387 g/mol. The predicted octanol–water partition coefficient (Wildman–Crippen LogP) is 3.21. The van der Waals surface area contributed by atoms with Gasteiger partial charge in [-0.1, -0.05) is 28.1 Å². The summed E-state index contributed by atoms with van der Waals surface area (Å²) in [5.41, 5.74) is -0.506. The fourth-order valence-electron chi connectivity index (χ4n) is 1.71. The average molecular weight is 388 g/mol. The number of para-hydroxylation sites is 2. The highest BCUT2D eigenvalue weighted by Gasteiger charge is 2.17. The summed E-state index contributed by atoms with van der Waals surface area (Å²) in [6.07, 6.45) is 2.72. The molecule has 120 valence electrons. The van der Waals surface area contributed by atoms with Gasteiger partial charge in [0.2, 0.25) is 0 Å². The molecule has 0 aliphatic heterocycles. The molecule has 2 N–H and O–H groups in total. The van der Waals surface area contributed by atoms with Gasteiger partial charge in [-0.15, -0.1) is 0 Å². The molecule has 2 aromatic rings. The van der Waals surface area contributed by atoms with E-state index in [0.717, 1.165) is 4.47 Å². The third kappa shape index (κ3) is 4.37. The average Bonchev–Trinajstić information content (AvgIpc) is 2.55. The lowest BCUT2D eigenvalue weighted by Crippen LogP contribution is -2.15. The molecule has 2 rings (SSSR count). The highest BCUT2D eigenvalue weighted by molar-refractivity contribution is 9.10. The number of amides is 1. The first-order valence-electron chi connectivity index (χ1n) is 6.54. The van der Waals surface area contributed by atoms with E-state index in [4.69, 9.17) is 5.26 Å². The minimum Gasteiger partial charge on any atom is -0.345 e. The molecule has 1 amide bonds. The second kappa shape index (κ2) is 7.85. The summed E-state index contributed by atoms with van der Waals surface area (Å²) in [4.78, 5) is 26.4. The molecule has 0 saturated heterocycles. The van der Waals surface area contributed by atoms with Crippen molar-refractivity contribution < 1.29 is 9.72 Å². The van der Waals surface area contributed by atoms with Gasteiger partial charge in [-0.2, -0.15) is 5.26 Å². The number of nitro benzene ring substituents is 1. The Bertz CT molecular complexity index is 860. The first kappa shape index (κ1) is 17.1. The molecule has 24 heavy (non-hydrogen) atoms. The van der Waals surface area contributed by atoms with Gasteiger partial charge in [0.25, 0.3) is 11.6 Å². The van der Waals surface area contributed by atoms with E-state index in [1.807, 2.05) is 0 Å². The largest absolute Gasteiger partial charge is 0.345 e. The predicted molar refractivity (Wildman–Crippen MR) is 91.0 cm³/mol. The molecule has 1 aromatic carbocycles. The van der Waals surface area contributed by atoms with E-state index in [9.17, 15) is 14.9 Å². The number of pyridine rings is 1. The second-order valence-corrected chi connectivity index (χ2v) is 5.32. The van der Waals surface area contributed by atoms with Crippen molar-refractivity contribution in [2.24, 2.45) is 0 Å². The van der Waals surface area contributed by atoms with Gasteiger partial charge in [0, 0.05) is 22.9 Å². The zero-order chi connectivity index (χ0) is 17.5. The number of halogens is 1. The number of nitrogens with one attached hydrogen (secondary N) is 2. The molecule has 1 aromatic heterocycles. The molecule has 0 fully saturated rings. The second-order valence-electron chi connectivity index (χ2n) is 4.40. The van der Waals surface area contributed by atoms with Gasteiger partial charge < -0.3 is 10.6 Å². The quantitative estimate of drug-likeness (QED) is 0.351. The van der Waals surface area contributed by atoms with Gasteiger partial charge in [0.15, 0.2) is 0 Å². The third-order valence-electron chi connectivity index (χ3n) is 2.80. The fraction of sp³-hybridized carbons (Fsp3) is 0. The lowest BCUT2D eigenvalue weighted by Gasteiger charge is -2.05. The van der Waals surface area contributed by atoms with Gasteiger partial charge in [0.1, 0.15) is 23.1 Å². The molecule has 8 nitrogen and oxygen atoms in total. The Morgan fingerprint density at radius 1 is 1.38 bits per heavy atom. The minimum absolute atomic E-state index is 0.00855. The van der Waals surface area contributed by atoms with Crippen molar-refractivity contribution in [2.45, 2.75) is 0 Å². The van der Waals surface area contributed by atoms with E-state index in [1.54, 1.807) is 30.5 Å². The van der Waals surface area contributed by atoms with E-state index in [1.165, 1.54) is 24.4 Å².